The normalized spacial score (nSPS) is 10.6. The Morgan fingerprint density at radius 2 is 1.85 bits per heavy atom. The van der Waals surface area contributed by atoms with Crippen LogP contribution in [0.3, 0.4) is 0 Å². The van der Waals surface area contributed by atoms with E-state index in [-0.39, 0.29) is 12.5 Å². The summed E-state index contributed by atoms with van der Waals surface area (Å²) in [5, 5.41) is 3.93. The first-order valence-corrected chi connectivity index (χ1v) is 8.50. The maximum atomic E-state index is 11.8. The van der Waals surface area contributed by atoms with Gasteiger partial charge in [0.2, 0.25) is 0 Å². The fourth-order valence-electron chi connectivity index (χ4n) is 2.22. The van der Waals surface area contributed by atoms with Crippen LogP contribution in [0.15, 0.2) is 47.6 Å². The first-order valence-electron chi connectivity index (χ1n) is 8.50. The third-order valence-corrected chi connectivity index (χ3v) is 3.59. The van der Waals surface area contributed by atoms with Crippen molar-refractivity contribution in [3.05, 3.63) is 53.6 Å². The van der Waals surface area contributed by atoms with E-state index in [1.54, 1.807) is 19.2 Å². The molecule has 2 aromatic carbocycles. The van der Waals surface area contributed by atoms with Crippen LogP contribution < -0.4 is 19.6 Å². The Kier molecular flexibility index (Phi) is 7.49. The van der Waals surface area contributed by atoms with Gasteiger partial charge in [-0.2, -0.15) is 5.10 Å². The lowest BCUT2D eigenvalue weighted by molar-refractivity contribution is -0.123. The number of benzene rings is 2. The molecule has 0 heterocycles. The van der Waals surface area contributed by atoms with Crippen molar-refractivity contribution in [1.29, 1.82) is 0 Å². The second-order valence-corrected chi connectivity index (χ2v) is 5.42. The van der Waals surface area contributed by atoms with Crippen molar-refractivity contribution < 1.29 is 19.0 Å². The number of hydrogen-bond acceptors (Lipinski definition) is 5. The third kappa shape index (κ3) is 5.81. The highest BCUT2D eigenvalue weighted by atomic mass is 16.5. The number of nitrogens with zero attached hydrogens (tertiary/aromatic N) is 1. The Morgan fingerprint density at radius 1 is 1.08 bits per heavy atom. The topological polar surface area (TPSA) is 69.2 Å². The van der Waals surface area contributed by atoms with Crippen LogP contribution in [-0.4, -0.2) is 32.4 Å². The molecule has 0 aliphatic heterocycles. The monoisotopic (exact) mass is 356 g/mol. The molecule has 6 heteroatoms. The second kappa shape index (κ2) is 10.1. The minimum atomic E-state index is -0.335. The summed E-state index contributed by atoms with van der Waals surface area (Å²) in [6.45, 7) is 4.45. The van der Waals surface area contributed by atoms with Gasteiger partial charge in [-0.25, -0.2) is 5.43 Å². The summed E-state index contributed by atoms with van der Waals surface area (Å²) in [4.78, 5) is 11.8. The molecule has 2 aromatic rings. The van der Waals surface area contributed by atoms with Crippen molar-refractivity contribution >= 4 is 12.1 Å². The number of hydrazone groups is 1. The van der Waals surface area contributed by atoms with E-state index < -0.39 is 0 Å². The zero-order valence-electron chi connectivity index (χ0n) is 15.3. The summed E-state index contributed by atoms with van der Waals surface area (Å²) in [6, 6.07) is 13.1. The summed E-state index contributed by atoms with van der Waals surface area (Å²) in [5.41, 5.74) is 4.43. The van der Waals surface area contributed by atoms with Gasteiger partial charge in [-0.3, -0.25) is 4.79 Å². The molecule has 2 rings (SSSR count). The van der Waals surface area contributed by atoms with Gasteiger partial charge in [-0.05, 0) is 54.8 Å². The highest BCUT2D eigenvalue weighted by Gasteiger charge is 2.05. The van der Waals surface area contributed by atoms with Crippen molar-refractivity contribution in [3.8, 4) is 17.2 Å². The summed E-state index contributed by atoms with van der Waals surface area (Å²) in [5.74, 6) is 1.59. The molecule has 0 bridgehead atoms. The molecule has 1 amide bonds. The fourth-order valence-corrected chi connectivity index (χ4v) is 2.22. The molecule has 26 heavy (non-hydrogen) atoms. The number of aryl methyl sites for hydroxylation is 1. The molecule has 0 saturated carbocycles. The van der Waals surface area contributed by atoms with Crippen LogP contribution in [-0.2, 0) is 11.2 Å². The second-order valence-electron chi connectivity index (χ2n) is 5.42. The molecule has 138 valence electrons. The lowest BCUT2D eigenvalue weighted by Gasteiger charge is -2.09. The first kappa shape index (κ1) is 19.3. The van der Waals surface area contributed by atoms with Crippen molar-refractivity contribution in [2.24, 2.45) is 5.10 Å². The molecular weight excluding hydrogens is 332 g/mol. The molecule has 0 aromatic heterocycles. The van der Waals surface area contributed by atoms with Crippen molar-refractivity contribution in [2.45, 2.75) is 20.3 Å². The van der Waals surface area contributed by atoms with Gasteiger partial charge in [-0.1, -0.05) is 19.1 Å². The Bertz CT molecular complexity index is 742. The maximum Gasteiger partial charge on any atom is 0.277 e. The Morgan fingerprint density at radius 3 is 2.50 bits per heavy atom. The first-order chi connectivity index (χ1) is 12.7. The lowest BCUT2D eigenvalue weighted by atomic mass is 10.2. The number of amides is 1. The Balaban J connectivity index is 1.84. The van der Waals surface area contributed by atoms with Crippen molar-refractivity contribution in [1.82, 2.24) is 5.43 Å². The Labute approximate surface area is 153 Å². The number of carbonyl (C=O) groups excluding carboxylic acids is 1. The molecule has 0 aliphatic rings. The number of nitrogens with one attached hydrogen (secondary N) is 1. The molecule has 0 aliphatic carbocycles. The molecule has 0 atom stereocenters. The molecule has 6 nitrogen and oxygen atoms in total. The van der Waals surface area contributed by atoms with Gasteiger partial charge in [-0.15, -0.1) is 0 Å². The van der Waals surface area contributed by atoms with E-state index in [0.717, 1.165) is 12.0 Å². The number of rotatable bonds is 9. The average molecular weight is 356 g/mol. The maximum absolute atomic E-state index is 11.8. The van der Waals surface area contributed by atoms with Gasteiger partial charge in [0.1, 0.15) is 5.75 Å². The SMILES string of the molecule is CCOc1ccc(/C=N/NC(=O)COc2ccc(CC)cc2)cc1OC. The van der Waals surface area contributed by atoms with Gasteiger partial charge < -0.3 is 14.2 Å². The van der Waals surface area contributed by atoms with Crippen LogP contribution in [0.4, 0.5) is 0 Å². The van der Waals surface area contributed by atoms with E-state index in [0.29, 0.717) is 23.9 Å². The van der Waals surface area contributed by atoms with E-state index in [2.05, 4.69) is 17.5 Å². The van der Waals surface area contributed by atoms with Crippen LogP contribution in [0.5, 0.6) is 17.2 Å². The van der Waals surface area contributed by atoms with Gasteiger partial charge in [0.15, 0.2) is 18.1 Å². The average Bonchev–Trinajstić information content (AvgIpc) is 2.68. The number of ether oxygens (including phenoxy) is 3. The van der Waals surface area contributed by atoms with E-state index >= 15 is 0 Å². The third-order valence-electron chi connectivity index (χ3n) is 3.59. The van der Waals surface area contributed by atoms with Gasteiger partial charge in [0.05, 0.1) is 19.9 Å². The highest BCUT2D eigenvalue weighted by Crippen LogP contribution is 2.27. The van der Waals surface area contributed by atoms with E-state index in [9.17, 15) is 4.79 Å². The minimum absolute atomic E-state index is 0.102. The number of carbonyl (C=O) groups is 1. The zero-order chi connectivity index (χ0) is 18.8. The standard InChI is InChI=1S/C20H24N2O4/c1-4-15-6-9-17(10-7-15)26-14-20(23)22-21-13-16-8-11-18(25-5-2)19(12-16)24-3/h6-13H,4-5,14H2,1-3H3,(H,22,23)/b21-13+. The van der Waals surface area contributed by atoms with E-state index in [4.69, 9.17) is 14.2 Å². The summed E-state index contributed by atoms with van der Waals surface area (Å²) >= 11 is 0. The summed E-state index contributed by atoms with van der Waals surface area (Å²) < 4.78 is 16.2. The fraction of sp³-hybridized carbons (Fsp3) is 0.300. The van der Waals surface area contributed by atoms with E-state index in [1.807, 2.05) is 37.3 Å². The zero-order valence-corrected chi connectivity index (χ0v) is 15.3. The number of methoxy groups -OCH3 is 1. The quantitative estimate of drug-likeness (QED) is 0.553. The van der Waals surface area contributed by atoms with Crippen molar-refractivity contribution in [3.63, 3.8) is 0 Å². The van der Waals surface area contributed by atoms with Crippen LogP contribution >= 0.6 is 0 Å². The molecule has 0 saturated heterocycles. The molecule has 1 N–H and O–H groups in total. The molecule has 0 unspecified atom stereocenters. The molecule has 0 spiro atoms. The van der Waals surface area contributed by atoms with Crippen LogP contribution in [0, 0.1) is 0 Å². The van der Waals surface area contributed by atoms with Gasteiger partial charge in [0.25, 0.3) is 5.91 Å². The van der Waals surface area contributed by atoms with Crippen LogP contribution in [0.25, 0.3) is 0 Å². The Hall–Kier alpha value is -3.02. The molecule has 0 radical (unpaired) electrons. The predicted molar refractivity (Wildman–Crippen MR) is 101 cm³/mol. The van der Waals surface area contributed by atoms with Crippen LogP contribution in [0.1, 0.15) is 25.0 Å². The smallest absolute Gasteiger partial charge is 0.277 e. The van der Waals surface area contributed by atoms with Gasteiger partial charge in [0, 0.05) is 0 Å². The molecular formula is C20H24N2O4. The lowest BCUT2D eigenvalue weighted by Crippen LogP contribution is -2.24. The van der Waals surface area contributed by atoms with Crippen molar-refractivity contribution in [2.75, 3.05) is 20.3 Å². The minimum Gasteiger partial charge on any atom is -0.493 e. The largest absolute Gasteiger partial charge is 0.493 e. The summed E-state index contributed by atoms with van der Waals surface area (Å²) in [6.07, 6.45) is 2.50. The summed E-state index contributed by atoms with van der Waals surface area (Å²) in [7, 11) is 1.57. The predicted octanol–water partition coefficient (Wildman–Crippen LogP) is 3.19. The highest BCUT2D eigenvalue weighted by molar-refractivity contribution is 5.83. The number of hydrogen-bond donors (Lipinski definition) is 1. The van der Waals surface area contributed by atoms with Gasteiger partial charge >= 0.3 is 0 Å². The van der Waals surface area contributed by atoms with Crippen LogP contribution in [0.2, 0.25) is 0 Å². The van der Waals surface area contributed by atoms with E-state index in [1.165, 1.54) is 11.8 Å². The molecule has 0 fully saturated rings.